The zero-order chi connectivity index (χ0) is 13.2. The predicted molar refractivity (Wildman–Crippen MR) is 68.3 cm³/mol. The van der Waals surface area contributed by atoms with Crippen LogP contribution in [0.25, 0.3) is 0 Å². The third kappa shape index (κ3) is 2.54. The summed E-state index contributed by atoms with van der Waals surface area (Å²) in [6, 6.07) is 4.31. The Hall–Kier alpha value is -1.00. The van der Waals surface area contributed by atoms with Gasteiger partial charge in [-0.3, -0.25) is 0 Å². The Morgan fingerprint density at radius 3 is 2.56 bits per heavy atom. The lowest BCUT2D eigenvalue weighted by atomic mass is 9.75. The lowest BCUT2D eigenvalue weighted by Crippen LogP contribution is -2.56. The molecule has 1 saturated carbocycles. The van der Waals surface area contributed by atoms with E-state index < -0.39 is 11.6 Å². The molecule has 0 unspecified atom stereocenters. The Kier molecular flexibility index (Phi) is 3.97. The van der Waals surface area contributed by atoms with Gasteiger partial charge in [-0.15, -0.1) is 0 Å². The highest BCUT2D eigenvalue weighted by molar-refractivity contribution is 5.18. The van der Waals surface area contributed by atoms with Gasteiger partial charge in [-0.2, -0.15) is 0 Å². The lowest BCUT2D eigenvalue weighted by molar-refractivity contribution is 0.0597. The Morgan fingerprint density at radius 2 is 2.00 bits per heavy atom. The Labute approximate surface area is 107 Å². The molecule has 1 N–H and O–H groups in total. The Balaban J connectivity index is 1.90. The molecule has 0 saturated heterocycles. The van der Waals surface area contributed by atoms with Crippen LogP contribution in [0.5, 0.6) is 0 Å². The molecule has 1 aliphatic carbocycles. The molecule has 100 valence electrons. The van der Waals surface area contributed by atoms with E-state index in [2.05, 4.69) is 24.3 Å². The van der Waals surface area contributed by atoms with Gasteiger partial charge in [0.25, 0.3) is 0 Å². The molecule has 1 fully saturated rings. The molecule has 1 aliphatic rings. The zero-order valence-electron chi connectivity index (χ0n) is 11.0. The molecule has 0 aromatic heterocycles. The number of hydrogen-bond acceptors (Lipinski definition) is 2. The molecule has 18 heavy (non-hydrogen) atoms. The van der Waals surface area contributed by atoms with Crippen LogP contribution in [0.15, 0.2) is 18.2 Å². The van der Waals surface area contributed by atoms with Crippen LogP contribution in [-0.4, -0.2) is 31.1 Å². The van der Waals surface area contributed by atoms with Crippen LogP contribution in [-0.2, 0) is 6.54 Å². The highest BCUT2D eigenvalue weighted by Crippen LogP contribution is 2.35. The fraction of sp³-hybridized carbons (Fsp3) is 0.571. The molecule has 0 aliphatic heterocycles. The molecule has 0 spiro atoms. The molecular weight excluding hydrogens is 234 g/mol. The molecular formula is C14H20F2N2. The van der Waals surface area contributed by atoms with E-state index in [1.807, 2.05) is 0 Å². The number of halogens is 2. The standard InChI is InChI=1S/C14H20F2N2/c1-18(2)14(7-4-8-14)10-17-9-11-5-3-6-12(15)13(11)16/h3,5-6,17H,4,7-10H2,1-2H3. The first-order valence-corrected chi connectivity index (χ1v) is 6.36. The molecule has 0 heterocycles. The first-order chi connectivity index (χ1) is 8.55. The summed E-state index contributed by atoms with van der Waals surface area (Å²) in [6.45, 7) is 1.19. The summed E-state index contributed by atoms with van der Waals surface area (Å²) in [7, 11) is 4.15. The van der Waals surface area contributed by atoms with E-state index in [0.717, 1.165) is 12.6 Å². The van der Waals surface area contributed by atoms with Crippen molar-refractivity contribution in [1.82, 2.24) is 10.2 Å². The molecule has 0 atom stereocenters. The molecule has 0 amide bonds. The number of benzene rings is 1. The van der Waals surface area contributed by atoms with Crippen molar-refractivity contribution in [2.24, 2.45) is 0 Å². The van der Waals surface area contributed by atoms with Gasteiger partial charge in [0.1, 0.15) is 0 Å². The number of likely N-dealkylation sites (N-methyl/N-ethyl adjacent to an activating group) is 1. The van der Waals surface area contributed by atoms with Gasteiger partial charge in [-0.1, -0.05) is 12.1 Å². The third-order valence-corrected chi connectivity index (χ3v) is 4.03. The van der Waals surface area contributed by atoms with Gasteiger partial charge in [0.15, 0.2) is 11.6 Å². The maximum atomic E-state index is 13.5. The second kappa shape index (κ2) is 5.33. The van der Waals surface area contributed by atoms with Gasteiger partial charge in [-0.05, 0) is 39.4 Å². The second-order valence-corrected chi connectivity index (χ2v) is 5.29. The average Bonchev–Trinajstić information content (AvgIpc) is 2.27. The van der Waals surface area contributed by atoms with Crippen LogP contribution in [0.3, 0.4) is 0 Å². The van der Waals surface area contributed by atoms with Gasteiger partial charge in [0.05, 0.1) is 0 Å². The Morgan fingerprint density at radius 1 is 1.28 bits per heavy atom. The van der Waals surface area contributed by atoms with Crippen LogP contribution < -0.4 is 5.32 Å². The van der Waals surface area contributed by atoms with E-state index in [-0.39, 0.29) is 5.54 Å². The monoisotopic (exact) mass is 254 g/mol. The summed E-state index contributed by atoms with van der Waals surface area (Å²) in [6.07, 6.45) is 3.57. The van der Waals surface area contributed by atoms with Crippen LogP contribution in [0, 0.1) is 11.6 Å². The maximum Gasteiger partial charge on any atom is 0.163 e. The third-order valence-electron chi connectivity index (χ3n) is 4.03. The first kappa shape index (κ1) is 13.4. The number of nitrogens with one attached hydrogen (secondary N) is 1. The highest BCUT2D eigenvalue weighted by Gasteiger charge is 2.38. The van der Waals surface area contributed by atoms with Gasteiger partial charge in [0, 0.05) is 24.2 Å². The van der Waals surface area contributed by atoms with E-state index in [1.165, 1.54) is 19.3 Å². The van der Waals surface area contributed by atoms with Crippen molar-refractivity contribution in [2.45, 2.75) is 31.3 Å². The van der Waals surface area contributed by atoms with Gasteiger partial charge in [-0.25, -0.2) is 8.78 Å². The minimum absolute atomic E-state index is 0.198. The van der Waals surface area contributed by atoms with Crippen molar-refractivity contribution in [1.29, 1.82) is 0 Å². The van der Waals surface area contributed by atoms with Crippen LogP contribution in [0.2, 0.25) is 0 Å². The molecule has 4 heteroatoms. The summed E-state index contributed by atoms with van der Waals surface area (Å²) in [5.74, 6) is -1.52. The SMILES string of the molecule is CN(C)C1(CNCc2cccc(F)c2F)CCC1. The van der Waals surface area contributed by atoms with Crippen molar-refractivity contribution in [2.75, 3.05) is 20.6 Å². The summed E-state index contributed by atoms with van der Waals surface area (Å²) >= 11 is 0. The molecule has 2 nitrogen and oxygen atoms in total. The van der Waals surface area contributed by atoms with E-state index in [9.17, 15) is 8.78 Å². The fourth-order valence-corrected chi connectivity index (χ4v) is 2.48. The van der Waals surface area contributed by atoms with Crippen molar-refractivity contribution < 1.29 is 8.78 Å². The van der Waals surface area contributed by atoms with Gasteiger partial charge < -0.3 is 10.2 Å². The number of hydrogen-bond donors (Lipinski definition) is 1. The fourth-order valence-electron chi connectivity index (χ4n) is 2.48. The second-order valence-electron chi connectivity index (χ2n) is 5.29. The van der Waals surface area contributed by atoms with E-state index in [0.29, 0.717) is 12.1 Å². The quantitative estimate of drug-likeness (QED) is 0.868. The summed E-state index contributed by atoms with van der Waals surface area (Å²) in [4.78, 5) is 2.23. The molecule has 0 radical (unpaired) electrons. The molecule has 1 aromatic rings. The minimum Gasteiger partial charge on any atom is -0.311 e. The smallest absolute Gasteiger partial charge is 0.163 e. The van der Waals surface area contributed by atoms with Crippen molar-refractivity contribution in [3.05, 3.63) is 35.4 Å². The van der Waals surface area contributed by atoms with Crippen molar-refractivity contribution >= 4 is 0 Å². The van der Waals surface area contributed by atoms with E-state index in [1.54, 1.807) is 12.1 Å². The van der Waals surface area contributed by atoms with Crippen molar-refractivity contribution in [3.63, 3.8) is 0 Å². The van der Waals surface area contributed by atoms with Crippen LogP contribution in [0.1, 0.15) is 24.8 Å². The average molecular weight is 254 g/mol. The number of nitrogens with zero attached hydrogens (tertiary/aromatic N) is 1. The maximum absolute atomic E-state index is 13.5. The topological polar surface area (TPSA) is 15.3 Å². The normalized spacial score (nSPS) is 17.8. The first-order valence-electron chi connectivity index (χ1n) is 6.36. The summed E-state index contributed by atoms with van der Waals surface area (Å²) in [5.41, 5.74) is 0.590. The van der Waals surface area contributed by atoms with E-state index >= 15 is 0 Å². The van der Waals surface area contributed by atoms with Gasteiger partial charge in [0.2, 0.25) is 0 Å². The lowest BCUT2D eigenvalue weighted by Gasteiger charge is -2.47. The van der Waals surface area contributed by atoms with Gasteiger partial charge >= 0.3 is 0 Å². The Bertz CT molecular complexity index is 414. The molecule has 2 rings (SSSR count). The van der Waals surface area contributed by atoms with E-state index in [4.69, 9.17) is 0 Å². The van der Waals surface area contributed by atoms with Crippen molar-refractivity contribution in [3.8, 4) is 0 Å². The van der Waals surface area contributed by atoms with Crippen LogP contribution in [0.4, 0.5) is 8.78 Å². The highest BCUT2D eigenvalue weighted by atomic mass is 19.2. The zero-order valence-corrected chi connectivity index (χ0v) is 11.0. The molecule has 1 aromatic carbocycles. The van der Waals surface area contributed by atoms with Crippen LogP contribution >= 0.6 is 0 Å². The predicted octanol–water partition coefficient (Wildman–Crippen LogP) is 2.54. The number of rotatable bonds is 5. The largest absolute Gasteiger partial charge is 0.311 e. The summed E-state index contributed by atoms with van der Waals surface area (Å²) in [5, 5.41) is 3.25. The minimum atomic E-state index is -0.778. The molecule has 0 bridgehead atoms. The summed E-state index contributed by atoms with van der Waals surface area (Å²) < 4.78 is 26.5.